The van der Waals surface area contributed by atoms with Gasteiger partial charge in [-0.1, -0.05) is 29.3 Å². The second-order valence-corrected chi connectivity index (χ2v) is 10.1. The standard InChI is InChI=1S/C30H35N3O5/c1-20-15-21(2)17-25(16-20)29(35)32(4)27(19-23-7-9-26(10-8-23)33-12-5-6-13-33)28(34)31-38-30(36)24-11-14-37-22(3)18-24/h5-10,12-13,15-17,22,24,27H,11,14,18-19H2,1-4H3,(H,31,34)/t22-,24?,27+/m1/s1. The van der Waals surface area contributed by atoms with E-state index in [0.29, 0.717) is 25.0 Å². The van der Waals surface area contributed by atoms with Crippen LogP contribution in [0.5, 0.6) is 0 Å². The maximum atomic E-state index is 13.4. The fourth-order valence-electron chi connectivity index (χ4n) is 4.85. The van der Waals surface area contributed by atoms with E-state index < -0.39 is 17.9 Å². The molecule has 1 aromatic heterocycles. The van der Waals surface area contributed by atoms with Gasteiger partial charge in [-0.15, -0.1) is 0 Å². The molecule has 4 rings (SSSR count). The van der Waals surface area contributed by atoms with Crippen molar-refractivity contribution in [3.8, 4) is 5.69 Å². The van der Waals surface area contributed by atoms with Crippen LogP contribution in [-0.2, 0) is 25.6 Å². The van der Waals surface area contributed by atoms with Gasteiger partial charge in [0.2, 0.25) is 0 Å². The van der Waals surface area contributed by atoms with E-state index >= 15 is 0 Å². The Kier molecular flexibility index (Phi) is 8.63. The van der Waals surface area contributed by atoms with Crippen molar-refractivity contribution in [2.75, 3.05) is 13.7 Å². The Morgan fingerprint density at radius 2 is 1.74 bits per heavy atom. The van der Waals surface area contributed by atoms with Gasteiger partial charge in [-0.3, -0.25) is 9.59 Å². The molecule has 8 nitrogen and oxygen atoms in total. The molecule has 1 fully saturated rings. The lowest BCUT2D eigenvalue weighted by atomic mass is 9.97. The fourth-order valence-corrected chi connectivity index (χ4v) is 4.85. The first-order chi connectivity index (χ1) is 18.2. The molecule has 2 aromatic carbocycles. The van der Waals surface area contributed by atoms with Crippen molar-refractivity contribution in [1.29, 1.82) is 0 Å². The first-order valence-electron chi connectivity index (χ1n) is 12.9. The van der Waals surface area contributed by atoms with Crippen LogP contribution in [0, 0.1) is 19.8 Å². The summed E-state index contributed by atoms with van der Waals surface area (Å²) in [7, 11) is 1.60. The predicted octanol–water partition coefficient (Wildman–Crippen LogP) is 4.17. The molecule has 1 aliphatic rings. The number of nitrogens with one attached hydrogen (secondary N) is 1. The second-order valence-electron chi connectivity index (χ2n) is 10.1. The molecule has 0 radical (unpaired) electrons. The van der Waals surface area contributed by atoms with Crippen LogP contribution in [0.3, 0.4) is 0 Å². The summed E-state index contributed by atoms with van der Waals surface area (Å²) >= 11 is 0. The van der Waals surface area contributed by atoms with Crippen LogP contribution in [0.4, 0.5) is 0 Å². The first-order valence-corrected chi connectivity index (χ1v) is 12.9. The highest BCUT2D eigenvalue weighted by molar-refractivity contribution is 5.97. The van der Waals surface area contributed by atoms with Crippen LogP contribution in [0.2, 0.25) is 0 Å². The number of hydroxylamine groups is 1. The van der Waals surface area contributed by atoms with Crippen molar-refractivity contribution in [2.45, 2.75) is 52.2 Å². The average Bonchev–Trinajstić information content (AvgIpc) is 3.44. The van der Waals surface area contributed by atoms with Gasteiger partial charge in [0.25, 0.3) is 11.8 Å². The van der Waals surface area contributed by atoms with E-state index in [1.165, 1.54) is 4.90 Å². The molecule has 8 heteroatoms. The molecular formula is C30H35N3O5. The van der Waals surface area contributed by atoms with E-state index in [1.807, 2.05) is 80.2 Å². The molecule has 1 aliphatic heterocycles. The molecule has 0 saturated carbocycles. The number of nitrogens with zero attached hydrogens (tertiary/aromatic N) is 2. The summed E-state index contributed by atoms with van der Waals surface area (Å²) in [6.07, 6.45) is 5.19. The molecule has 0 bridgehead atoms. The lowest BCUT2D eigenvalue weighted by Gasteiger charge is -2.28. The summed E-state index contributed by atoms with van der Waals surface area (Å²) in [5, 5.41) is 0. The Bertz CT molecular complexity index is 1250. The molecule has 1 saturated heterocycles. The van der Waals surface area contributed by atoms with Gasteiger partial charge >= 0.3 is 5.97 Å². The smallest absolute Gasteiger partial charge is 0.335 e. The molecule has 1 unspecified atom stereocenters. The number of hydrogen-bond donors (Lipinski definition) is 1. The topological polar surface area (TPSA) is 89.9 Å². The Morgan fingerprint density at radius 1 is 1.08 bits per heavy atom. The molecule has 2 amide bonds. The van der Waals surface area contributed by atoms with Gasteiger partial charge in [0.05, 0.1) is 12.0 Å². The van der Waals surface area contributed by atoms with Crippen molar-refractivity contribution >= 4 is 17.8 Å². The minimum absolute atomic E-state index is 0.0409. The molecule has 200 valence electrons. The summed E-state index contributed by atoms with van der Waals surface area (Å²) in [4.78, 5) is 46.0. The molecule has 1 N–H and O–H groups in total. The summed E-state index contributed by atoms with van der Waals surface area (Å²) in [6.45, 7) is 6.24. The Balaban J connectivity index is 1.51. The number of benzene rings is 2. The zero-order valence-electron chi connectivity index (χ0n) is 22.3. The number of carbonyl (C=O) groups is 3. The van der Waals surface area contributed by atoms with Crippen LogP contribution in [0.15, 0.2) is 67.0 Å². The minimum atomic E-state index is -0.901. The molecule has 38 heavy (non-hydrogen) atoms. The number of rotatable bonds is 7. The molecule has 2 heterocycles. The van der Waals surface area contributed by atoms with E-state index in [2.05, 4.69) is 5.48 Å². The van der Waals surface area contributed by atoms with E-state index in [9.17, 15) is 14.4 Å². The summed E-state index contributed by atoms with van der Waals surface area (Å²) in [5.41, 5.74) is 6.60. The third-order valence-electron chi connectivity index (χ3n) is 6.90. The maximum Gasteiger partial charge on any atom is 0.335 e. The van der Waals surface area contributed by atoms with Crippen molar-refractivity contribution in [3.63, 3.8) is 0 Å². The third-order valence-corrected chi connectivity index (χ3v) is 6.90. The molecular weight excluding hydrogens is 482 g/mol. The highest BCUT2D eigenvalue weighted by Crippen LogP contribution is 2.21. The van der Waals surface area contributed by atoms with Crippen LogP contribution in [0.1, 0.15) is 46.8 Å². The van der Waals surface area contributed by atoms with Gasteiger partial charge in [-0.25, -0.2) is 4.79 Å². The molecule has 3 atom stereocenters. The largest absolute Gasteiger partial charge is 0.378 e. The summed E-state index contributed by atoms with van der Waals surface area (Å²) in [5.74, 6) is -1.68. The molecule has 3 aromatic rings. The Labute approximate surface area is 223 Å². The van der Waals surface area contributed by atoms with Crippen LogP contribution >= 0.6 is 0 Å². The zero-order valence-corrected chi connectivity index (χ0v) is 22.3. The van der Waals surface area contributed by atoms with E-state index in [0.717, 1.165) is 22.4 Å². The van der Waals surface area contributed by atoms with Gasteiger partial charge in [0.1, 0.15) is 6.04 Å². The van der Waals surface area contributed by atoms with E-state index in [4.69, 9.17) is 9.57 Å². The SMILES string of the molecule is Cc1cc(C)cc(C(=O)N(C)[C@@H](Cc2ccc(-n3cccc3)cc2)C(=O)NOC(=O)C2CCO[C@H](C)C2)c1. The number of aromatic nitrogens is 1. The van der Waals surface area contributed by atoms with Gasteiger partial charge < -0.3 is 19.0 Å². The number of ether oxygens (including phenoxy) is 1. The van der Waals surface area contributed by atoms with Crippen LogP contribution in [-0.4, -0.2) is 53.1 Å². The minimum Gasteiger partial charge on any atom is -0.378 e. The van der Waals surface area contributed by atoms with Gasteiger partial charge in [-0.05, 0) is 75.6 Å². The highest BCUT2D eigenvalue weighted by Gasteiger charge is 2.31. The Morgan fingerprint density at radius 3 is 2.37 bits per heavy atom. The Hall–Kier alpha value is -3.91. The van der Waals surface area contributed by atoms with Gasteiger partial charge in [-0.2, -0.15) is 5.48 Å². The van der Waals surface area contributed by atoms with Crippen LogP contribution in [0.25, 0.3) is 5.69 Å². The number of likely N-dealkylation sites (N-methyl/N-ethyl adjacent to an activating group) is 1. The summed E-state index contributed by atoms with van der Waals surface area (Å²) < 4.78 is 7.48. The number of carbonyl (C=O) groups excluding carboxylic acids is 3. The monoisotopic (exact) mass is 517 g/mol. The predicted molar refractivity (Wildman–Crippen MR) is 144 cm³/mol. The fraction of sp³-hybridized carbons (Fsp3) is 0.367. The van der Waals surface area contributed by atoms with Crippen molar-refractivity contribution in [1.82, 2.24) is 14.9 Å². The average molecular weight is 518 g/mol. The third kappa shape index (κ3) is 6.69. The maximum absolute atomic E-state index is 13.4. The first kappa shape index (κ1) is 27.1. The number of amides is 2. The van der Waals surface area contributed by atoms with Crippen LogP contribution < -0.4 is 5.48 Å². The van der Waals surface area contributed by atoms with E-state index in [-0.39, 0.29) is 24.3 Å². The molecule has 0 aliphatic carbocycles. The lowest BCUT2D eigenvalue weighted by molar-refractivity contribution is -0.167. The van der Waals surface area contributed by atoms with Crippen molar-refractivity contribution < 1.29 is 24.0 Å². The zero-order chi connectivity index (χ0) is 27.2. The summed E-state index contributed by atoms with van der Waals surface area (Å²) in [6, 6.07) is 16.4. The number of aryl methyl sites for hydroxylation is 2. The molecule has 0 spiro atoms. The van der Waals surface area contributed by atoms with Gasteiger partial charge in [0.15, 0.2) is 0 Å². The normalized spacial score (nSPS) is 17.9. The van der Waals surface area contributed by atoms with Crippen molar-refractivity contribution in [3.05, 3.63) is 89.2 Å². The van der Waals surface area contributed by atoms with E-state index in [1.54, 1.807) is 19.2 Å². The van der Waals surface area contributed by atoms with Crippen molar-refractivity contribution in [2.24, 2.45) is 5.92 Å². The highest BCUT2D eigenvalue weighted by atomic mass is 16.7. The second kappa shape index (κ2) is 12.1. The quantitative estimate of drug-likeness (QED) is 0.475. The van der Waals surface area contributed by atoms with Gasteiger partial charge in [0, 0.05) is 43.7 Å². The number of hydrogen-bond acceptors (Lipinski definition) is 5. The lowest BCUT2D eigenvalue weighted by Crippen LogP contribution is -2.49.